The summed E-state index contributed by atoms with van der Waals surface area (Å²) in [7, 11) is 2.26. The number of rotatable bonds is 3. The first-order valence-electron chi connectivity index (χ1n) is 5.87. The van der Waals surface area contributed by atoms with Crippen molar-refractivity contribution >= 4 is 0 Å². The molecule has 0 aromatic carbocycles. The van der Waals surface area contributed by atoms with E-state index in [-0.39, 0.29) is 0 Å². The monoisotopic (exact) mass is 183 g/mol. The lowest BCUT2D eigenvalue weighted by Crippen LogP contribution is -2.44. The zero-order valence-electron chi connectivity index (χ0n) is 9.71. The largest absolute Gasteiger partial charge is 0.303 e. The van der Waals surface area contributed by atoms with Crippen molar-refractivity contribution in [3.8, 4) is 0 Å². The molecule has 0 aromatic heterocycles. The van der Waals surface area contributed by atoms with E-state index in [0.29, 0.717) is 0 Å². The third-order valence-corrected chi connectivity index (χ3v) is 3.98. The van der Waals surface area contributed by atoms with E-state index in [4.69, 9.17) is 0 Å². The first-order chi connectivity index (χ1) is 6.16. The summed E-state index contributed by atoms with van der Waals surface area (Å²) in [5.74, 6) is 1.89. The first-order valence-corrected chi connectivity index (χ1v) is 5.87. The highest BCUT2D eigenvalue weighted by atomic mass is 15.1. The van der Waals surface area contributed by atoms with Crippen molar-refractivity contribution < 1.29 is 0 Å². The fourth-order valence-corrected chi connectivity index (χ4v) is 2.50. The molecule has 3 atom stereocenters. The third-order valence-electron chi connectivity index (χ3n) is 3.98. The lowest BCUT2D eigenvalue weighted by atomic mass is 9.79. The van der Waals surface area contributed by atoms with E-state index in [1.54, 1.807) is 0 Å². The number of piperidine rings is 1. The van der Waals surface area contributed by atoms with Gasteiger partial charge in [0.25, 0.3) is 0 Å². The third kappa shape index (κ3) is 2.70. The van der Waals surface area contributed by atoms with Crippen molar-refractivity contribution in [1.82, 2.24) is 4.90 Å². The van der Waals surface area contributed by atoms with E-state index in [9.17, 15) is 0 Å². The maximum absolute atomic E-state index is 2.51. The molecule has 1 heteroatoms. The molecule has 0 amide bonds. The second-order valence-electron chi connectivity index (χ2n) is 4.77. The summed E-state index contributed by atoms with van der Waals surface area (Å²) in [4.78, 5) is 2.51. The average molecular weight is 183 g/mol. The van der Waals surface area contributed by atoms with Gasteiger partial charge >= 0.3 is 0 Å². The zero-order chi connectivity index (χ0) is 9.84. The molecule has 0 radical (unpaired) electrons. The summed E-state index contributed by atoms with van der Waals surface area (Å²) in [6, 6.07) is 0.788. The number of unbranched alkanes of at least 4 members (excludes halogenated alkanes) is 1. The van der Waals surface area contributed by atoms with Crippen LogP contribution in [0.1, 0.15) is 46.5 Å². The Morgan fingerprint density at radius 1 is 1.31 bits per heavy atom. The Labute approximate surface area is 83.5 Å². The second-order valence-corrected chi connectivity index (χ2v) is 4.77. The van der Waals surface area contributed by atoms with E-state index in [2.05, 4.69) is 32.7 Å². The quantitative estimate of drug-likeness (QED) is 0.649. The van der Waals surface area contributed by atoms with Gasteiger partial charge in [0.05, 0.1) is 0 Å². The molecule has 1 fully saturated rings. The summed E-state index contributed by atoms with van der Waals surface area (Å²) < 4.78 is 0. The lowest BCUT2D eigenvalue weighted by molar-refractivity contribution is 0.0853. The van der Waals surface area contributed by atoms with Gasteiger partial charge in [0.1, 0.15) is 0 Å². The SMILES string of the molecule is CCCCC1CCN(C)C(C)C1C. The number of likely N-dealkylation sites (tertiary alicyclic amines) is 1. The van der Waals surface area contributed by atoms with E-state index in [1.165, 1.54) is 32.2 Å². The summed E-state index contributed by atoms with van der Waals surface area (Å²) in [6.45, 7) is 8.41. The van der Waals surface area contributed by atoms with Crippen LogP contribution in [0.25, 0.3) is 0 Å². The van der Waals surface area contributed by atoms with Crippen LogP contribution < -0.4 is 0 Å². The fraction of sp³-hybridized carbons (Fsp3) is 1.00. The van der Waals surface area contributed by atoms with Gasteiger partial charge in [-0.15, -0.1) is 0 Å². The second kappa shape index (κ2) is 4.99. The minimum absolute atomic E-state index is 0.788. The minimum Gasteiger partial charge on any atom is -0.303 e. The van der Waals surface area contributed by atoms with E-state index in [1.807, 2.05) is 0 Å². The van der Waals surface area contributed by atoms with E-state index < -0.39 is 0 Å². The topological polar surface area (TPSA) is 3.24 Å². The summed E-state index contributed by atoms with van der Waals surface area (Å²) in [5, 5.41) is 0. The molecule has 3 unspecified atom stereocenters. The van der Waals surface area contributed by atoms with E-state index in [0.717, 1.165) is 17.9 Å². The Hall–Kier alpha value is -0.0400. The van der Waals surface area contributed by atoms with Crippen molar-refractivity contribution in [3.05, 3.63) is 0 Å². The fourth-order valence-electron chi connectivity index (χ4n) is 2.50. The molecule has 1 heterocycles. The molecular weight excluding hydrogens is 158 g/mol. The molecule has 1 rings (SSSR count). The maximum atomic E-state index is 2.51. The van der Waals surface area contributed by atoms with Gasteiger partial charge in [-0.1, -0.05) is 33.1 Å². The number of nitrogens with zero attached hydrogens (tertiary/aromatic N) is 1. The lowest BCUT2D eigenvalue weighted by Gasteiger charge is -2.41. The van der Waals surface area contributed by atoms with Gasteiger partial charge in [0.2, 0.25) is 0 Å². The van der Waals surface area contributed by atoms with Gasteiger partial charge in [-0.05, 0) is 38.8 Å². The predicted octanol–water partition coefficient (Wildman–Crippen LogP) is 3.15. The van der Waals surface area contributed by atoms with Gasteiger partial charge in [-0.25, -0.2) is 0 Å². The van der Waals surface area contributed by atoms with Gasteiger partial charge in [-0.2, -0.15) is 0 Å². The molecule has 0 aliphatic carbocycles. The molecule has 1 aliphatic rings. The molecule has 0 N–H and O–H groups in total. The molecule has 0 saturated carbocycles. The van der Waals surface area contributed by atoms with Gasteiger partial charge in [0.15, 0.2) is 0 Å². The number of hydrogen-bond donors (Lipinski definition) is 0. The van der Waals surface area contributed by atoms with Crippen LogP contribution in [0.5, 0.6) is 0 Å². The first kappa shape index (κ1) is 11.0. The zero-order valence-corrected chi connectivity index (χ0v) is 9.71. The van der Waals surface area contributed by atoms with Gasteiger partial charge < -0.3 is 4.90 Å². The Morgan fingerprint density at radius 3 is 2.62 bits per heavy atom. The van der Waals surface area contributed by atoms with Crippen LogP contribution >= 0.6 is 0 Å². The maximum Gasteiger partial charge on any atom is 0.00921 e. The van der Waals surface area contributed by atoms with Crippen LogP contribution in [0.2, 0.25) is 0 Å². The van der Waals surface area contributed by atoms with Crippen LogP contribution in [-0.4, -0.2) is 24.5 Å². The van der Waals surface area contributed by atoms with Crippen molar-refractivity contribution in [3.63, 3.8) is 0 Å². The van der Waals surface area contributed by atoms with Crippen molar-refractivity contribution in [2.24, 2.45) is 11.8 Å². The van der Waals surface area contributed by atoms with Crippen LogP contribution in [0.3, 0.4) is 0 Å². The highest BCUT2D eigenvalue weighted by molar-refractivity contribution is 4.82. The Morgan fingerprint density at radius 2 is 2.00 bits per heavy atom. The van der Waals surface area contributed by atoms with E-state index >= 15 is 0 Å². The smallest absolute Gasteiger partial charge is 0.00921 e. The number of hydrogen-bond acceptors (Lipinski definition) is 1. The molecular formula is C12H25N. The van der Waals surface area contributed by atoms with Crippen molar-refractivity contribution in [2.75, 3.05) is 13.6 Å². The molecule has 13 heavy (non-hydrogen) atoms. The molecule has 0 aromatic rings. The molecule has 1 saturated heterocycles. The molecule has 0 bridgehead atoms. The normalized spacial score (nSPS) is 36.5. The van der Waals surface area contributed by atoms with Crippen molar-refractivity contribution in [1.29, 1.82) is 0 Å². The summed E-state index contributed by atoms with van der Waals surface area (Å²) >= 11 is 0. The Bertz CT molecular complexity index is 142. The molecule has 1 nitrogen and oxygen atoms in total. The highest BCUT2D eigenvalue weighted by Crippen LogP contribution is 2.31. The van der Waals surface area contributed by atoms with Crippen LogP contribution in [0, 0.1) is 11.8 Å². The van der Waals surface area contributed by atoms with Crippen LogP contribution in [-0.2, 0) is 0 Å². The molecule has 0 spiro atoms. The predicted molar refractivity (Wildman–Crippen MR) is 58.9 cm³/mol. The molecule has 1 aliphatic heterocycles. The van der Waals surface area contributed by atoms with Gasteiger partial charge in [0, 0.05) is 6.04 Å². The minimum atomic E-state index is 0.788. The molecule has 78 valence electrons. The standard InChI is InChI=1S/C12H25N/c1-5-6-7-12-8-9-13(4)11(3)10(12)2/h10-12H,5-9H2,1-4H3. The summed E-state index contributed by atoms with van der Waals surface area (Å²) in [5.41, 5.74) is 0. The highest BCUT2D eigenvalue weighted by Gasteiger charge is 2.29. The van der Waals surface area contributed by atoms with Gasteiger partial charge in [-0.3, -0.25) is 0 Å². The Kier molecular flexibility index (Phi) is 4.24. The van der Waals surface area contributed by atoms with Crippen LogP contribution in [0.15, 0.2) is 0 Å². The van der Waals surface area contributed by atoms with Crippen molar-refractivity contribution in [2.45, 2.75) is 52.5 Å². The average Bonchev–Trinajstić information content (AvgIpc) is 2.13. The van der Waals surface area contributed by atoms with Crippen LogP contribution in [0.4, 0.5) is 0 Å². The summed E-state index contributed by atoms with van der Waals surface area (Å²) in [6.07, 6.45) is 5.65. The Balaban J connectivity index is 2.39.